The summed E-state index contributed by atoms with van der Waals surface area (Å²) in [5.41, 5.74) is 5.42. The van der Waals surface area contributed by atoms with Gasteiger partial charge < -0.3 is 30.2 Å². The van der Waals surface area contributed by atoms with E-state index in [0.29, 0.717) is 45.9 Å². The fourth-order valence-corrected chi connectivity index (χ4v) is 5.25. The summed E-state index contributed by atoms with van der Waals surface area (Å²) in [5.74, 6) is 2.52. The number of halogens is 1. The number of aromatic amines is 1. The van der Waals surface area contributed by atoms with Crippen molar-refractivity contribution >= 4 is 38.6 Å². The fraction of sp³-hybridized carbons (Fsp3) is 0.559. The van der Waals surface area contributed by atoms with Gasteiger partial charge in [0.2, 0.25) is 11.8 Å². The molecule has 0 spiro atoms. The first-order chi connectivity index (χ1) is 21.1. The molecule has 2 amide bonds. The van der Waals surface area contributed by atoms with Gasteiger partial charge in [-0.1, -0.05) is 66.2 Å². The van der Waals surface area contributed by atoms with E-state index < -0.39 is 0 Å². The Balaban J connectivity index is 0.000000607. The summed E-state index contributed by atoms with van der Waals surface area (Å²) in [5, 5.41) is 10.1. The van der Waals surface area contributed by atoms with E-state index in [4.69, 9.17) is 15.2 Å². The van der Waals surface area contributed by atoms with Crippen LogP contribution < -0.4 is 16.0 Å². The van der Waals surface area contributed by atoms with Crippen LogP contribution in [0.5, 0.6) is 11.5 Å². The van der Waals surface area contributed by atoms with E-state index >= 15 is 0 Å². The van der Waals surface area contributed by atoms with Gasteiger partial charge >= 0.3 is 0 Å². The van der Waals surface area contributed by atoms with Crippen LogP contribution in [0.1, 0.15) is 86.5 Å². The molecule has 3 atom stereocenters. The van der Waals surface area contributed by atoms with Crippen LogP contribution in [0.15, 0.2) is 52.0 Å². The third-order valence-corrected chi connectivity index (χ3v) is 7.76. The second kappa shape index (κ2) is 22.3. The molecular formula is C34H54BrN3O6. The maximum absolute atomic E-state index is 11.8. The van der Waals surface area contributed by atoms with Crippen molar-refractivity contribution < 1.29 is 24.2 Å². The molecular weight excluding hydrogens is 626 g/mol. The van der Waals surface area contributed by atoms with Crippen LogP contribution in [0.2, 0.25) is 0 Å². The molecule has 2 aliphatic rings. The number of unbranched alkanes of at least 4 members (excludes halogenated alkanes) is 2. The van der Waals surface area contributed by atoms with Crippen molar-refractivity contribution in [1.82, 2.24) is 9.88 Å². The number of hydrogen-bond acceptors (Lipinski definition) is 6. The third-order valence-electron chi connectivity index (χ3n) is 6.97. The van der Waals surface area contributed by atoms with Crippen molar-refractivity contribution in [2.24, 2.45) is 17.6 Å². The normalized spacial score (nSPS) is 17.8. The lowest BCUT2D eigenvalue weighted by Crippen LogP contribution is -2.43. The lowest BCUT2D eigenvalue weighted by Gasteiger charge is -2.22. The van der Waals surface area contributed by atoms with Crippen molar-refractivity contribution in [3.8, 4) is 11.5 Å². The number of carbonyl (C=O) groups is 2. The summed E-state index contributed by atoms with van der Waals surface area (Å²) in [6.07, 6.45) is 10.8. The average Bonchev–Trinajstić information content (AvgIpc) is 3.61. The van der Waals surface area contributed by atoms with Crippen LogP contribution in [0.4, 0.5) is 0 Å². The number of rotatable bonds is 9. The van der Waals surface area contributed by atoms with E-state index in [2.05, 4.69) is 46.6 Å². The highest BCUT2D eigenvalue weighted by Crippen LogP contribution is 2.44. The van der Waals surface area contributed by atoms with E-state index in [1.165, 1.54) is 13.5 Å². The number of amides is 2. The van der Waals surface area contributed by atoms with E-state index in [0.717, 1.165) is 43.9 Å². The zero-order chi connectivity index (χ0) is 33.8. The quantitative estimate of drug-likeness (QED) is 0.143. The van der Waals surface area contributed by atoms with Crippen LogP contribution in [0, 0.1) is 11.8 Å². The number of nitrogens with zero attached hydrogens (tertiary/aromatic N) is 1. The van der Waals surface area contributed by atoms with Gasteiger partial charge in [0, 0.05) is 30.3 Å². The Morgan fingerprint density at radius 1 is 1.20 bits per heavy atom. The number of fused-ring (bicyclic) bond motifs is 1. The number of primary amides is 1. The van der Waals surface area contributed by atoms with Gasteiger partial charge in [0.15, 0.2) is 0 Å². The highest BCUT2D eigenvalue weighted by atomic mass is 79.9. The first kappa shape index (κ1) is 40.7. The first-order valence-corrected chi connectivity index (χ1v) is 16.4. The maximum Gasteiger partial charge on any atom is 0.252 e. The van der Waals surface area contributed by atoms with E-state index in [9.17, 15) is 19.5 Å². The number of pyridine rings is 1. The minimum absolute atomic E-state index is 0.0443. The number of methoxy groups -OCH3 is 2. The predicted octanol–water partition coefficient (Wildman–Crippen LogP) is 7.46. The average molecular weight is 681 g/mol. The largest absolute Gasteiger partial charge is 0.507 e. The SMILES string of the molecule is C=C(OC)C1CC1/C=C\C.CC.CC.CCCCCC(=O)N1CCCC1C(N)=O.COc1ccc2c(O)cc(=O)[nH]c2c1Br. The highest BCUT2D eigenvalue weighted by molar-refractivity contribution is 9.10. The molecule has 3 unspecified atom stereocenters. The third kappa shape index (κ3) is 12.8. The Kier molecular flexibility index (Phi) is 20.6. The zero-order valence-electron chi connectivity index (χ0n) is 27.9. The van der Waals surface area contributed by atoms with Gasteiger partial charge in [0.05, 0.1) is 30.0 Å². The Bertz CT molecular complexity index is 1260. The topological polar surface area (TPSA) is 135 Å². The second-order valence-electron chi connectivity index (χ2n) is 9.83. The van der Waals surface area contributed by atoms with Gasteiger partial charge in [-0.15, -0.1) is 0 Å². The van der Waals surface area contributed by atoms with E-state index in [1.54, 1.807) is 24.1 Å². The molecule has 0 bridgehead atoms. The number of benzene rings is 1. The van der Waals surface area contributed by atoms with Crippen LogP contribution in [-0.2, 0) is 14.3 Å². The van der Waals surface area contributed by atoms with Gasteiger partial charge in [0.1, 0.15) is 17.5 Å². The smallest absolute Gasteiger partial charge is 0.252 e. The Labute approximate surface area is 272 Å². The van der Waals surface area contributed by atoms with Crippen LogP contribution in [-0.4, -0.2) is 53.6 Å². The number of allylic oxidation sites excluding steroid dienone is 3. The second-order valence-corrected chi connectivity index (χ2v) is 10.6. The van der Waals surface area contributed by atoms with Crippen LogP contribution in [0.25, 0.3) is 10.9 Å². The maximum atomic E-state index is 11.8. The minimum Gasteiger partial charge on any atom is -0.507 e. The molecule has 248 valence electrons. The van der Waals surface area contributed by atoms with Gasteiger partial charge in [-0.3, -0.25) is 14.4 Å². The molecule has 0 radical (unpaired) electrons. The van der Waals surface area contributed by atoms with Crippen LogP contribution in [0.3, 0.4) is 0 Å². The number of aromatic nitrogens is 1. The van der Waals surface area contributed by atoms with Crippen molar-refractivity contribution in [3.63, 3.8) is 0 Å². The summed E-state index contributed by atoms with van der Waals surface area (Å²) in [4.78, 5) is 38.3. The molecule has 1 aliphatic carbocycles. The molecule has 2 aromatic rings. The van der Waals surface area contributed by atoms with Crippen molar-refractivity contribution in [1.29, 1.82) is 0 Å². The number of carbonyl (C=O) groups excluding carboxylic acids is 2. The highest BCUT2D eigenvalue weighted by Gasteiger charge is 2.37. The summed E-state index contributed by atoms with van der Waals surface area (Å²) >= 11 is 3.30. The summed E-state index contributed by atoms with van der Waals surface area (Å²) in [6, 6.07) is 4.19. The molecule has 44 heavy (non-hydrogen) atoms. The molecule has 1 aliphatic heterocycles. The minimum atomic E-state index is -0.364. The first-order valence-electron chi connectivity index (χ1n) is 15.6. The van der Waals surface area contributed by atoms with Gasteiger partial charge in [-0.2, -0.15) is 0 Å². The summed E-state index contributed by atoms with van der Waals surface area (Å²) < 4.78 is 10.7. The summed E-state index contributed by atoms with van der Waals surface area (Å²) in [7, 11) is 3.22. The molecule has 9 nitrogen and oxygen atoms in total. The monoisotopic (exact) mass is 679 g/mol. The lowest BCUT2D eigenvalue weighted by molar-refractivity contribution is -0.137. The van der Waals surface area contributed by atoms with Crippen LogP contribution >= 0.6 is 15.9 Å². The number of nitrogens with two attached hydrogens (primary N) is 1. The Hall–Kier alpha value is -3.27. The van der Waals surface area contributed by atoms with Gasteiger partial charge in [-0.25, -0.2) is 0 Å². The number of H-pyrrole nitrogens is 1. The number of nitrogens with one attached hydrogen (secondary N) is 1. The van der Waals surface area contributed by atoms with Gasteiger partial charge in [-0.05, 0) is 66.6 Å². The number of aromatic hydroxyl groups is 1. The zero-order valence-corrected chi connectivity index (χ0v) is 29.5. The predicted molar refractivity (Wildman–Crippen MR) is 184 cm³/mol. The molecule has 2 heterocycles. The molecule has 1 aromatic carbocycles. The molecule has 1 saturated heterocycles. The molecule has 4 rings (SSSR count). The fourth-order valence-electron chi connectivity index (χ4n) is 4.64. The number of likely N-dealkylation sites (tertiary alicyclic amines) is 1. The number of ether oxygens (including phenoxy) is 2. The molecule has 1 saturated carbocycles. The molecule has 4 N–H and O–H groups in total. The lowest BCUT2D eigenvalue weighted by atomic mass is 10.1. The Morgan fingerprint density at radius 2 is 1.86 bits per heavy atom. The molecule has 1 aromatic heterocycles. The van der Waals surface area contributed by atoms with E-state index in [-0.39, 0.29) is 29.2 Å². The van der Waals surface area contributed by atoms with Crippen molar-refractivity contribution in [3.05, 3.63) is 57.5 Å². The number of hydrogen-bond donors (Lipinski definition) is 3. The molecule has 2 fully saturated rings. The van der Waals surface area contributed by atoms with Gasteiger partial charge in [0.25, 0.3) is 5.56 Å². The Morgan fingerprint density at radius 3 is 2.41 bits per heavy atom. The van der Waals surface area contributed by atoms with Crippen molar-refractivity contribution in [2.75, 3.05) is 20.8 Å². The summed E-state index contributed by atoms with van der Waals surface area (Å²) in [6.45, 7) is 16.7. The standard InChI is InChI=1S/C11H20N2O2.C10H8BrNO3.C9H14O.2C2H6/c1-2-3-4-7-10(14)13-8-5-6-9(13)11(12)15;1-15-7-3-2-5-6(13)4-8(14)12-10(5)9(7)11;1-4-5-8-6-9(8)7(2)10-3;2*1-2/h9H,2-8H2,1H3,(H2,12,15);2-4H,1H3,(H2,12,13,14);4-5,8-9H,2,6H2,1,3H3;2*1-2H3/b;;5-4-;;. The van der Waals surface area contributed by atoms with E-state index in [1.807, 2.05) is 34.6 Å². The molecule has 10 heteroatoms. The van der Waals surface area contributed by atoms with Crippen molar-refractivity contribution in [2.45, 2.75) is 92.5 Å².